The molecule has 1 N–H and O–H groups in total. The molecule has 0 aliphatic heterocycles. The lowest BCUT2D eigenvalue weighted by Crippen LogP contribution is -2.18. The lowest BCUT2D eigenvalue weighted by atomic mass is 10.2. The van der Waals surface area contributed by atoms with Crippen molar-refractivity contribution in [2.45, 2.75) is 19.8 Å². The number of amides is 1. The average Bonchev–Trinajstić information content (AvgIpc) is 2.03. The summed E-state index contributed by atoms with van der Waals surface area (Å²) in [5.41, 5.74) is 0.669. The quantitative estimate of drug-likeness (QED) is 0.484. The molecule has 1 amide bonds. The Bertz CT molecular complexity index is 201. The minimum Gasteiger partial charge on any atom is -0.355 e. The van der Waals surface area contributed by atoms with Crippen LogP contribution < -0.4 is 5.32 Å². The predicted octanol–water partition coefficient (Wildman–Crippen LogP) is 0.982. The molecule has 0 atom stereocenters. The lowest BCUT2D eigenvalue weighted by Gasteiger charge is -1.96. The zero-order chi connectivity index (χ0) is 8.69. The summed E-state index contributed by atoms with van der Waals surface area (Å²) in [5.74, 6) is -0.0806. The smallest absolute Gasteiger partial charge is 0.246 e. The second-order valence-electron chi connectivity index (χ2n) is 2.16. The number of carbonyl (C=O) groups excluding carboxylic acids is 1. The van der Waals surface area contributed by atoms with Crippen LogP contribution in [0, 0.1) is 11.3 Å². The maximum Gasteiger partial charge on any atom is 0.246 e. The number of nitriles is 1. The van der Waals surface area contributed by atoms with Gasteiger partial charge in [-0.25, -0.2) is 0 Å². The van der Waals surface area contributed by atoms with Gasteiger partial charge in [0.05, 0.1) is 6.07 Å². The summed E-state index contributed by atoms with van der Waals surface area (Å²) < 4.78 is 0. The minimum absolute atomic E-state index is 0.0806. The maximum atomic E-state index is 10.8. The molecule has 0 aromatic carbocycles. The number of rotatable bonds is 3. The molecule has 0 aliphatic carbocycles. The van der Waals surface area contributed by atoms with E-state index < -0.39 is 0 Å². The molecule has 0 aromatic rings. The largest absolute Gasteiger partial charge is 0.355 e. The first-order valence-corrected chi connectivity index (χ1v) is 3.48. The Morgan fingerprint density at radius 1 is 1.73 bits per heavy atom. The van der Waals surface area contributed by atoms with Crippen LogP contribution in [0.3, 0.4) is 0 Å². The highest BCUT2D eigenvalue weighted by atomic mass is 16.1. The third-order valence-electron chi connectivity index (χ3n) is 1.29. The van der Waals surface area contributed by atoms with Crippen LogP contribution in [0.1, 0.15) is 19.8 Å². The summed E-state index contributed by atoms with van der Waals surface area (Å²) in [6, 6.07) is 2.00. The normalized spacial score (nSPS) is 10.5. The molecule has 3 heteroatoms. The number of unbranched alkanes of at least 4 members (excludes halogenated alkanes) is 1. The van der Waals surface area contributed by atoms with Gasteiger partial charge in [0.2, 0.25) is 5.91 Å². The Labute approximate surface area is 66.7 Å². The zero-order valence-corrected chi connectivity index (χ0v) is 6.85. The van der Waals surface area contributed by atoms with E-state index in [1.54, 1.807) is 20.0 Å². The molecule has 0 aromatic heterocycles. The van der Waals surface area contributed by atoms with Crippen LogP contribution in [0.15, 0.2) is 11.6 Å². The molecule has 0 bridgehead atoms. The number of hydrogen-bond acceptors (Lipinski definition) is 2. The van der Waals surface area contributed by atoms with E-state index in [0.717, 1.165) is 0 Å². The Morgan fingerprint density at radius 3 is 2.82 bits per heavy atom. The number of nitrogens with one attached hydrogen (secondary N) is 1. The van der Waals surface area contributed by atoms with Crippen molar-refractivity contribution in [2.75, 3.05) is 7.05 Å². The Hall–Kier alpha value is -1.30. The molecule has 3 nitrogen and oxygen atoms in total. The molecular formula is C8H12N2O. The van der Waals surface area contributed by atoms with Gasteiger partial charge in [0.15, 0.2) is 0 Å². The van der Waals surface area contributed by atoms with Crippen LogP contribution in [0.2, 0.25) is 0 Å². The molecule has 0 rings (SSSR count). The summed E-state index contributed by atoms with van der Waals surface area (Å²) >= 11 is 0. The third kappa shape index (κ3) is 4.15. The first kappa shape index (κ1) is 9.70. The van der Waals surface area contributed by atoms with Crippen LogP contribution in [-0.2, 0) is 4.79 Å². The molecule has 0 unspecified atom stereocenters. The van der Waals surface area contributed by atoms with E-state index in [1.807, 2.05) is 6.07 Å². The van der Waals surface area contributed by atoms with Gasteiger partial charge in [-0.15, -0.1) is 0 Å². The summed E-state index contributed by atoms with van der Waals surface area (Å²) in [6.45, 7) is 1.73. The SMILES string of the molecule is CNC(=O)/C(C)=C/CCC#N. The average molecular weight is 152 g/mol. The van der Waals surface area contributed by atoms with Crippen molar-refractivity contribution in [1.29, 1.82) is 5.26 Å². The highest BCUT2D eigenvalue weighted by Gasteiger charge is 1.97. The number of nitrogens with zero attached hydrogens (tertiary/aromatic N) is 1. The maximum absolute atomic E-state index is 10.8. The molecule has 0 aliphatic rings. The van der Waals surface area contributed by atoms with E-state index in [1.165, 1.54) is 0 Å². The van der Waals surface area contributed by atoms with Gasteiger partial charge in [-0.1, -0.05) is 6.08 Å². The van der Waals surface area contributed by atoms with Gasteiger partial charge in [-0.05, 0) is 13.3 Å². The van der Waals surface area contributed by atoms with E-state index in [4.69, 9.17) is 5.26 Å². The topological polar surface area (TPSA) is 52.9 Å². The predicted molar refractivity (Wildman–Crippen MR) is 42.7 cm³/mol. The molecule has 0 saturated heterocycles. The molecule has 0 fully saturated rings. The Kier molecular flexibility index (Phi) is 4.83. The molecular weight excluding hydrogens is 140 g/mol. The van der Waals surface area contributed by atoms with Crippen LogP contribution >= 0.6 is 0 Å². The first-order valence-electron chi connectivity index (χ1n) is 3.48. The molecule has 60 valence electrons. The highest BCUT2D eigenvalue weighted by Crippen LogP contribution is 1.96. The van der Waals surface area contributed by atoms with Crippen LogP contribution in [0.25, 0.3) is 0 Å². The van der Waals surface area contributed by atoms with Crippen molar-refractivity contribution < 1.29 is 4.79 Å². The van der Waals surface area contributed by atoms with E-state index in [-0.39, 0.29) is 5.91 Å². The standard InChI is InChI=1S/C8H12N2O/c1-7(8(11)10-2)5-3-4-6-9/h5H,3-4H2,1-2H3,(H,10,11)/b7-5+. The van der Waals surface area contributed by atoms with Gasteiger partial charge < -0.3 is 5.32 Å². The number of allylic oxidation sites excluding steroid dienone is 1. The van der Waals surface area contributed by atoms with E-state index in [0.29, 0.717) is 18.4 Å². The summed E-state index contributed by atoms with van der Waals surface area (Å²) in [4.78, 5) is 10.8. The summed E-state index contributed by atoms with van der Waals surface area (Å²) in [6.07, 6.45) is 2.88. The van der Waals surface area contributed by atoms with Gasteiger partial charge in [0.25, 0.3) is 0 Å². The van der Waals surface area contributed by atoms with Gasteiger partial charge in [0.1, 0.15) is 0 Å². The van der Waals surface area contributed by atoms with Gasteiger partial charge in [-0.3, -0.25) is 4.79 Å². The number of likely N-dealkylation sites (N-methyl/N-ethyl adjacent to an activating group) is 1. The fourth-order valence-corrected chi connectivity index (χ4v) is 0.643. The summed E-state index contributed by atoms with van der Waals surface area (Å²) in [5, 5.41) is 10.7. The van der Waals surface area contributed by atoms with Crippen molar-refractivity contribution in [3.8, 4) is 6.07 Å². The van der Waals surface area contributed by atoms with Crippen molar-refractivity contribution in [3.05, 3.63) is 11.6 Å². The highest BCUT2D eigenvalue weighted by molar-refractivity contribution is 5.92. The Balaban J connectivity index is 3.82. The molecule has 0 radical (unpaired) electrons. The van der Waals surface area contributed by atoms with Crippen molar-refractivity contribution in [3.63, 3.8) is 0 Å². The van der Waals surface area contributed by atoms with E-state index >= 15 is 0 Å². The van der Waals surface area contributed by atoms with Gasteiger partial charge in [0, 0.05) is 19.0 Å². The van der Waals surface area contributed by atoms with E-state index in [2.05, 4.69) is 5.32 Å². The third-order valence-corrected chi connectivity index (χ3v) is 1.29. The fraction of sp³-hybridized carbons (Fsp3) is 0.500. The number of hydrogen-bond donors (Lipinski definition) is 1. The zero-order valence-electron chi connectivity index (χ0n) is 6.85. The minimum atomic E-state index is -0.0806. The molecule has 11 heavy (non-hydrogen) atoms. The van der Waals surface area contributed by atoms with Gasteiger partial charge >= 0.3 is 0 Å². The van der Waals surface area contributed by atoms with Crippen molar-refractivity contribution in [2.24, 2.45) is 0 Å². The van der Waals surface area contributed by atoms with Crippen molar-refractivity contribution in [1.82, 2.24) is 5.32 Å². The first-order chi connectivity index (χ1) is 5.22. The number of carbonyl (C=O) groups is 1. The van der Waals surface area contributed by atoms with Crippen molar-refractivity contribution >= 4 is 5.91 Å². The monoisotopic (exact) mass is 152 g/mol. The lowest BCUT2D eigenvalue weighted by molar-refractivity contribution is -0.117. The molecule has 0 heterocycles. The molecule has 0 saturated carbocycles. The van der Waals surface area contributed by atoms with Gasteiger partial charge in [-0.2, -0.15) is 5.26 Å². The van der Waals surface area contributed by atoms with E-state index in [9.17, 15) is 4.79 Å². The van der Waals surface area contributed by atoms with Crippen LogP contribution in [-0.4, -0.2) is 13.0 Å². The Morgan fingerprint density at radius 2 is 2.36 bits per heavy atom. The second kappa shape index (κ2) is 5.48. The fourth-order valence-electron chi connectivity index (χ4n) is 0.643. The summed E-state index contributed by atoms with van der Waals surface area (Å²) in [7, 11) is 1.59. The van der Waals surface area contributed by atoms with Crippen LogP contribution in [0.5, 0.6) is 0 Å². The second-order valence-corrected chi connectivity index (χ2v) is 2.16. The van der Waals surface area contributed by atoms with Crippen LogP contribution in [0.4, 0.5) is 0 Å². The molecule has 0 spiro atoms.